The van der Waals surface area contributed by atoms with Gasteiger partial charge in [0.2, 0.25) is 0 Å². The molecule has 0 atom stereocenters. The Bertz CT molecular complexity index is 560. The molecule has 0 aliphatic heterocycles. The molecule has 1 aromatic carbocycles. The van der Waals surface area contributed by atoms with Gasteiger partial charge in [0, 0.05) is 18.0 Å². The number of fused-ring (bicyclic) bond motifs is 1. The van der Waals surface area contributed by atoms with Crippen LogP contribution in [0.3, 0.4) is 0 Å². The minimum absolute atomic E-state index is 0.0199. The second-order valence-corrected chi connectivity index (χ2v) is 3.71. The van der Waals surface area contributed by atoms with Crippen LogP contribution in [0, 0.1) is 0 Å². The van der Waals surface area contributed by atoms with Gasteiger partial charge in [-0.3, -0.25) is 10.6 Å². The summed E-state index contributed by atoms with van der Waals surface area (Å²) in [6.45, 7) is 2.78. The topological polar surface area (TPSA) is 60.0 Å². The number of hydrazine groups is 1. The summed E-state index contributed by atoms with van der Waals surface area (Å²) in [5, 5.41) is 0.970. The number of nitrogens with one attached hydrogen (secondary N) is 1. The number of nitrogens with two attached hydrogens (primary N) is 1. The molecule has 0 saturated carbocycles. The van der Waals surface area contributed by atoms with Crippen LogP contribution in [0.2, 0.25) is 0 Å². The minimum atomic E-state index is -0.0199. The number of benzene rings is 1. The zero-order valence-corrected chi connectivity index (χ0v) is 9.23. The third-order valence-electron chi connectivity index (χ3n) is 2.62. The van der Waals surface area contributed by atoms with Crippen molar-refractivity contribution >= 4 is 16.6 Å². The largest absolute Gasteiger partial charge is 0.323 e. The average Bonchev–Trinajstić information content (AvgIpc) is 2.32. The van der Waals surface area contributed by atoms with E-state index in [1.54, 1.807) is 4.57 Å². The standard InChI is InChI=1S/C12H15N3O/c1-2-7-15-11-6-4-3-5-9(11)10(14-13)8-12(15)16/h3-6,8,14H,2,7,13H2,1H3. The van der Waals surface area contributed by atoms with E-state index in [2.05, 4.69) is 12.3 Å². The molecular weight excluding hydrogens is 202 g/mol. The summed E-state index contributed by atoms with van der Waals surface area (Å²) in [5.41, 5.74) is 4.14. The lowest BCUT2D eigenvalue weighted by Crippen LogP contribution is -2.21. The molecule has 2 rings (SSSR count). The summed E-state index contributed by atoms with van der Waals surface area (Å²) < 4.78 is 1.77. The molecule has 16 heavy (non-hydrogen) atoms. The Morgan fingerprint density at radius 3 is 2.81 bits per heavy atom. The minimum Gasteiger partial charge on any atom is -0.323 e. The Labute approximate surface area is 93.7 Å². The third-order valence-corrected chi connectivity index (χ3v) is 2.62. The van der Waals surface area contributed by atoms with Crippen LogP contribution in [0.5, 0.6) is 0 Å². The maximum atomic E-state index is 11.9. The molecule has 84 valence electrons. The van der Waals surface area contributed by atoms with Gasteiger partial charge in [0.1, 0.15) is 0 Å². The quantitative estimate of drug-likeness (QED) is 0.607. The lowest BCUT2D eigenvalue weighted by Gasteiger charge is -2.12. The molecule has 0 unspecified atom stereocenters. The molecule has 0 bridgehead atoms. The highest BCUT2D eigenvalue weighted by atomic mass is 16.1. The van der Waals surface area contributed by atoms with Gasteiger partial charge in [-0.05, 0) is 12.5 Å². The number of rotatable bonds is 3. The zero-order valence-electron chi connectivity index (χ0n) is 9.23. The lowest BCUT2D eigenvalue weighted by atomic mass is 10.2. The zero-order chi connectivity index (χ0) is 11.5. The summed E-state index contributed by atoms with van der Waals surface area (Å²) in [4.78, 5) is 11.9. The molecule has 4 heteroatoms. The van der Waals surface area contributed by atoms with E-state index in [4.69, 9.17) is 5.84 Å². The molecule has 3 N–H and O–H groups in total. The Hall–Kier alpha value is -1.81. The van der Waals surface area contributed by atoms with Gasteiger partial charge >= 0.3 is 0 Å². The number of para-hydroxylation sites is 1. The second-order valence-electron chi connectivity index (χ2n) is 3.71. The van der Waals surface area contributed by atoms with Crippen molar-refractivity contribution in [2.24, 2.45) is 5.84 Å². The first-order valence-corrected chi connectivity index (χ1v) is 5.37. The van der Waals surface area contributed by atoms with Gasteiger partial charge in [-0.25, -0.2) is 0 Å². The van der Waals surface area contributed by atoms with Gasteiger partial charge in [0.25, 0.3) is 5.56 Å². The van der Waals surface area contributed by atoms with E-state index in [9.17, 15) is 4.79 Å². The van der Waals surface area contributed by atoms with E-state index in [-0.39, 0.29) is 5.56 Å². The van der Waals surface area contributed by atoms with Crippen molar-refractivity contribution in [3.05, 3.63) is 40.7 Å². The molecule has 0 radical (unpaired) electrons. The predicted octanol–water partition coefficient (Wildman–Crippen LogP) is 1.70. The first-order chi connectivity index (χ1) is 7.77. The fraction of sp³-hybridized carbons (Fsp3) is 0.250. The van der Waals surface area contributed by atoms with Gasteiger partial charge in [-0.1, -0.05) is 25.1 Å². The fourth-order valence-corrected chi connectivity index (χ4v) is 1.91. The van der Waals surface area contributed by atoms with Crippen LogP contribution >= 0.6 is 0 Å². The van der Waals surface area contributed by atoms with Gasteiger partial charge < -0.3 is 9.99 Å². The molecule has 1 aromatic heterocycles. The number of nitrogens with zero attached hydrogens (tertiary/aromatic N) is 1. The number of anilines is 1. The molecule has 0 aliphatic rings. The first kappa shape index (κ1) is 10.7. The summed E-state index contributed by atoms with van der Waals surface area (Å²) in [6.07, 6.45) is 0.930. The molecule has 2 aromatic rings. The van der Waals surface area contributed by atoms with Gasteiger partial charge in [-0.2, -0.15) is 0 Å². The first-order valence-electron chi connectivity index (χ1n) is 5.37. The number of hydrogen-bond acceptors (Lipinski definition) is 3. The van der Waals surface area contributed by atoms with Gasteiger partial charge in [-0.15, -0.1) is 0 Å². The second kappa shape index (κ2) is 4.37. The van der Waals surface area contributed by atoms with Crippen molar-refractivity contribution in [3.63, 3.8) is 0 Å². The number of pyridine rings is 1. The van der Waals surface area contributed by atoms with Crippen LogP contribution in [0.15, 0.2) is 35.1 Å². The number of hydrogen-bond donors (Lipinski definition) is 2. The lowest BCUT2D eigenvalue weighted by molar-refractivity contribution is 0.678. The van der Waals surface area contributed by atoms with E-state index in [1.807, 2.05) is 24.3 Å². The molecule has 0 spiro atoms. The van der Waals surface area contributed by atoms with E-state index in [1.165, 1.54) is 6.07 Å². The summed E-state index contributed by atoms with van der Waals surface area (Å²) in [7, 11) is 0. The van der Waals surface area contributed by atoms with Crippen molar-refractivity contribution < 1.29 is 0 Å². The smallest absolute Gasteiger partial charge is 0.253 e. The van der Waals surface area contributed by atoms with Crippen molar-refractivity contribution in [1.29, 1.82) is 0 Å². The van der Waals surface area contributed by atoms with Crippen molar-refractivity contribution in [2.45, 2.75) is 19.9 Å². The Balaban J connectivity index is 2.81. The van der Waals surface area contributed by atoms with E-state index < -0.39 is 0 Å². The highest BCUT2D eigenvalue weighted by Gasteiger charge is 2.06. The number of nitrogen functional groups attached to an aromatic ring is 1. The van der Waals surface area contributed by atoms with Crippen LogP contribution < -0.4 is 16.8 Å². The van der Waals surface area contributed by atoms with Crippen LogP contribution in [0.4, 0.5) is 5.69 Å². The maximum absolute atomic E-state index is 11.9. The molecule has 0 fully saturated rings. The monoisotopic (exact) mass is 217 g/mol. The highest BCUT2D eigenvalue weighted by Crippen LogP contribution is 2.20. The number of aryl methyl sites for hydroxylation is 1. The van der Waals surface area contributed by atoms with E-state index in [0.717, 1.165) is 23.9 Å². The molecular formula is C12H15N3O. The number of aromatic nitrogens is 1. The summed E-state index contributed by atoms with van der Waals surface area (Å²) in [5.74, 6) is 5.41. The van der Waals surface area contributed by atoms with E-state index in [0.29, 0.717) is 5.69 Å². The van der Waals surface area contributed by atoms with Crippen molar-refractivity contribution in [1.82, 2.24) is 4.57 Å². The maximum Gasteiger partial charge on any atom is 0.253 e. The van der Waals surface area contributed by atoms with Gasteiger partial charge in [0.15, 0.2) is 0 Å². The van der Waals surface area contributed by atoms with Gasteiger partial charge in [0.05, 0.1) is 11.2 Å². The van der Waals surface area contributed by atoms with Crippen molar-refractivity contribution in [2.75, 3.05) is 5.43 Å². The summed E-state index contributed by atoms with van der Waals surface area (Å²) in [6, 6.07) is 9.29. The fourth-order valence-electron chi connectivity index (χ4n) is 1.91. The van der Waals surface area contributed by atoms with Crippen molar-refractivity contribution in [3.8, 4) is 0 Å². The van der Waals surface area contributed by atoms with E-state index >= 15 is 0 Å². The van der Waals surface area contributed by atoms with Crippen LogP contribution in [-0.4, -0.2) is 4.57 Å². The highest BCUT2D eigenvalue weighted by molar-refractivity contribution is 5.91. The molecule has 0 amide bonds. The SMILES string of the molecule is CCCn1c(=O)cc(NN)c2ccccc21. The predicted molar refractivity (Wildman–Crippen MR) is 66.3 cm³/mol. The summed E-state index contributed by atoms with van der Waals surface area (Å²) >= 11 is 0. The Morgan fingerprint density at radius 1 is 1.38 bits per heavy atom. The normalized spacial score (nSPS) is 10.6. The Morgan fingerprint density at radius 2 is 2.12 bits per heavy atom. The molecule has 0 saturated heterocycles. The van der Waals surface area contributed by atoms with Crippen LogP contribution in [0.1, 0.15) is 13.3 Å². The molecule has 0 aliphatic carbocycles. The molecule has 4 nitrogen and oxygen atoms in total. The molecule has 1 heterocycles. The van der Waals surface area contributed by atoms with Crippen LogP contribution in [0.25, 0.3) is 10.9 Å². The third kappa shape index (κ3) is 1.67. The average molecular weight is 217 g/mol. The Kier molecular flexibility index (Phi) is 2.92. The van der Waals surface area contributed by atoms with Crippen LogP contribution in [-0.2, 0) is 6.54 Å².